The van der Waals surface area contributed by atoms with Crippen molar-refractivity contribution < 1.29 is 9.53 Å². The fourth-order valence-corrected chi connectivity index (χ4v) is 1.15. The van der Waals surface area contributed by atoms with E-state index in [1.807, 2.05) is 0 Å². The van der Waals surface area contributed by atoms with E-state index in [0.717, 1.165) is 39.3 Å². The third kappa shape index (κ3) is 3.51. The Morgan fingerprint density at radius 1 is 1.42 bits per heavy atom. The molecule has 0 aromatic carbocycles. The Bertz CT molecular complexity index is 186. The molecule has 0 bridgehead atoms. The highest BCUT2D eigenvalue weighted by atomic mass is 16.5. The lowest BCUT2D eigenvalue weighted by molar-refractivity contribution is -0.103. The molecule has 0 radical (unpaired) electrons. The summed E-state index contributed by atoms with van der Waals surface area (Å²) in [6, 6.07) is 0. The molecule has 1 rings (SSSR count). The maximum atomic E-state index is 9.85. The molecule has 0 unspecified atom stereocenters. The van der Waals surface area contributed by atoms with Crippen LogP contribution in [0.1, 0.15) is 6.42 Å². The first-order valence-corrected chi connectivity index (χ1v) is 4.15. The van der Waals surface area contributed by atoms with Gasteiger partial charge in [0.1, 0.15) is 0 Å². The van der Waals surface area contributed by atoms with Gasteiger partial charge in [0.05, 0.1) is 13.2 Å². The molecule has 1 fully saturated rings. The monoisotopic (exact) mass is 167 g/mol. The summed E-state index contributed by atoms with van der Waals surface area (Å²) in [7, 11) is 0. The van der Waals surface area contributed by atoms with Gasteiger partial charge in [0.2, 0.25) is 0 Å². The molecule has 1 heterocycles. The van der Waals surface area contributed by atoms with Crippen LogP contribution in [-0.4, -0.2) is 44.0 Å². The number of carbonyl (C=O) groups is 1. The van der Waals surface area contributed by atoms with E-state index >= 15 is 0 Å². The van der Waals surface area contributed by atoms with Gasteiger partial charge in [-0.25, -0.2) is 0 Å². The Morgan fingerprint density at radius 3 is 2.83 bits per heavy atom. The number of hydrogen-bond acceptors (Lipinski definition) is 3. The molecule has 0 spiro atoms. The van der Waals surface area contributed by atoms with Crippen LogP contribution in [0.2, 0.25) is 0 Å². The van der Waals surface area contributed by atoms with Crippen molar-refractivity contribution in [2.24, 2.45) is 0 Å². The first-order valence-electron chi connectivity index (χ1n) is 4.15. The van der Waals surface area contributed by atoms with E-state index in [2.05, 4.69) is 16.7 Å². The molecule has 12 heavy (non-hydrogen) atoms. The summed E-state index contributed by atoms with van der Waals surface area (Å²) < 4.78 is 5.19. The second-order valence-corrected chi connectivity index (χ2v) is 2.64. The quantitative estimate of drug-likeness (QED) is 0.425. The zero-order valence-electron chi connectivity index (χ0n) is 7.08. The van der Waals surface area contributed by atoms with E-state index in [1.54, 1.807) is 0 Å². The molecule has 1 aliphatic rings. The maximum Gasteiger partial charge on any atom is 0.192 e. The van der Waals surface area contributed by atoms with E-state index in [4.69, 9.17) is 4.74 Å². The van der Waals surface area contributed by atoms with Crippen LogP contribution < -0.4 is 0 Å². The molecule has 66 valence electrons. The highest BCUT2D eigenvalue weighted by Gasteiger charge is 2.07. The van der Waals surface area contributed by atoms with Crippen molar-refractivity contribution in [3.8, 4) is 11.8 Å². The van der Waals surface area contributed by atoms with Crippen LogP contribution in [0.25, 0.3) is 0 Å². The molecule has 0 atom stereocenters. The molecule has 0 amide bonds. The molecule has 0 N–H and O–H groups in total. The van der Waals surface area contributed by atoms with Crippen molar-refractivity contribution in [2.45, 2.75) is 6.42 Å². The molecule has 1 aliphatic heterocycles. The van der Waals surface area contributed by atoms with Crippen LogP contribution in [0.3, 0.4) is 0 Å². The number of hydrogen-bond donors (Lipinski definition) is 0. The van der Waals surface area contributed by atoms with Crippen molar-refractivity contribution in [2.75, 3.05) is 32.8 Å². The highest BCUT2D eigenvalue weighted by Crippen LogP contribution is 1.96. The molecule has 1 saturated heterocycles. The molecule has 0 saturated carbocycles. The Labute approximate surface area is 72.7 Å². The van der Waals surface area contributed by atoms with Crippen molar-refractivity contribution in [3.63, 3.8) is 0 Å². The third-order valence-electron chi connectivity index (χ3n) is 1.82. The number of rotatable bonds is 2. The molecular weight excluding hydrogens is 154 g/mol. The predicted molar refractivity (Wildman–Crippen MR) is 45.7 cm³/mol. The summed E-state index contributed by atoms with van der Waals surface area (Å²) in [4.78, 5) is 12.1. The Morgan fingerprint density at radius 2 is 2.17 bits per heavy atom. The van der Waals surface area contributed by atoms with E-state index in [1.165, 1.54) is 0 Å². The molecule has 3 heteroatoms. The van der Waals surface area contributed by atoms with Gasteiger partial charge in [-0.05, 0) is 5.92 Å². The average Bonchev–Trinajstić information content (AvgIpc) is 2.14. The van der Waals surface area contributed by atoms with Crippen molar-refractivity contribution >= 4 is 6.29 Å². The van der Waals surface area contributed by atoms with Gasteiger partial charge in [0, 0.05) is 26.1 Å². The number of aldehydes is 1. The van der Waals surface area contributed by atoms with Gasteiger partial charge >= 0.3 is 0 Å². The molecule has 3 nitrogen and oxygen atoms in total. The topological polar surface area (TPSA) is 29.5 Å². The first kappa shape index (κ1) is 9.24. The number of nitrogens with zero attached hydrogens (tertiary/aromatic N) is 1. The summed E-state index contributed by atoms with van der Waals surface area (Å²) in [5.74, 6) is 5.18. The lowest BCUT2D eigenvalue weighted by Crippen LogP contribution is -2.36. The Kier molecular flexibility index (Phi) is 4.43. The molecule has 0 aliphatic carbocycles. The second kappa shape index (κ2) is 5.76. The van der Waals surface area contributed by atoms with Gasteiger partial charge < -0.3 is 4.74 Å². The Hall–Kier alpha value is -0.850. The van der Waals surface area contributed by atoms with Crippen molar-refractivity contribution in [3.05, 3.63) is 0 Å². The third-order valence-corrected chi connectivity index (χ3v) is 1.82. The van der Waals surface area contributed by atoms with Gasteiger partial charge in [-0.2, -0.15) is 0 Å². The van der Waals surface area contributed by atoms with Crippen LogP contribution in [-0.2, 0) is 9.53 Å². The van der Waals surface area contributed by atoms with E-state index in [0.29, 0.717) is 6.29 Å². The minimum absolute atomic E-state index is 0.638. The van der Waals surface area contributed by atoms with Crippen LogP contribution in [0.5, 0.6) is 0 Å². The van der Waals surface area contributed by atoms with Gasteiger partial charge in [-0.15, -0.1) is 0 Å². The van der Waals surface area contributed by atoms with Crippen LogP contribution >= 0.6 is 0 Å². The minimum atomic E-state index is 0.638. The van der Waals surface area contributed by atoms with Gasteiger partial charge in [-0.1, -0.05) is 5.92 Å². The maximum absolute atomic E-state index is 9.85. The number of carbonyl (C=O) groups excluding carboxylic acids is 1. The summed E-state index contributed by atoms with van der Waals surface area (Å²) >= 11 is 0. The smallest absolute Gasteiger partial charge is 0.192 e. The summed E-state index contributed by atoms with van der Waals surface area (Å²) in [5, 5.41) is 0. The molecule has 0 aromatic heterocycles. The zero-order valence-corrected chi connectivity index (χ0v) is 7.08. The van der Waals surface area contributed by atoms with Gasteiger partial charge in [0.25, 0.3) is 0 Å². The fraction of sp³-hybridized carbons (Fsp3) is 0.667. The van der Waals surface area contributed by atoms with Crippen LogP contribution in [0.15, 0.2) is 0 Å². The SMILES string of the molecule is O=CC#CCCN1CCOCC1. The summed E-state index contributed by atoms with van der Waals surface area (Å²) in [6.45, 7) is 4.57. The summed E-state index contributed by atoms with van der Waals surface area (Å²) in [6.07, 6.45) is 1.41. The van der Waals surface area contributed by atoms with Crippen molar-refractivity contribution in [1.29, 1.82) is 0 Å². The normalized spacial score (nSPS) is 18.0. The van der Waals surface area contributed by atoms with Gasteiger partial charge in [0.15, 0.2) is 6.29 Å². The van der Waals surface area contributed by atoms with E-state index in [-0.39, 0.29) is 0 Å². The Balaban J connectivity index is 2.09. The highest BCUT2D eigenvalue weighted by molar-refractivity contribution is 5.72. The number of morpholine rings is 1. The lowest BCUT2D eigenvalue weighted by atomic mass is 10.3. The predicted octanol–water partition coefficient (Wildman–Crippen LogP) is -0.0890. The number of ether oxygens (including phenoxy) is 1. The second-order valence-electron chi connectivity index (χ2n) is 2.64. The first-order chi connectivity index (χ1) is 5.93. The lowest BCUT2D eigenvalue weighted by Gasteiger charge is -2.25. The molecular formula is C9H13NO2. The molecule has 0 aromatic rings. The van der Waals surface area contributed by atoms with Gasteiger partial charge in [-0.3, -0.25) is 9.69 Å². The van der Waals surface area contributed by atoms with E-state index < -0.39 is 0 Å². The standard InChI is InChI=1S/C9H13NO2/c11-7-3-1-2-4-10-5-8-12-9-6-10/h7H,2,4-6,8-9H2. The van der Waals surface area contributed by atoms with Crippen LogP contribution in [0, 0.1) is 11.8 Å². The zero-order chi connectivity index (χ0) is 8.65. The fourth-order valence-electron chi connectivity index (χ4n) is 1.15. The minimum Gasteiger partial charge on any atom is -0.379 e. The van der Waals surface area contributed by atoms with Crippen LogP contribution in [0.4, 0.5) is 0 Å². The van der Waals surface area contributed by atoms with E-state index in [9.17, 15) is 4.79 Å². The summed E-state index contributed by atoms with van der Waals surface area (Å²) in [5.41, 5.74) is 0. The average molecular weight is 167 g/mol. The largest absolute Gasteiger partial charge is 0.379 e. The van der Waals surface area contributed by atoms with Crippen molar-refractivity contribution in [1.82, 2.24) is 4.90 Å².